The fourth-order valence-corrected chi connectivity index (χ4v) is 2.47. The van der Waals surface area contributed by atoms with Crippen molar-refractivity contribution in [3.8, 4) is 5.75 Å². The lowest BCUT2D eigenvalue weighted by atomic mass is 9.91. The van der Waals surface area contributed by atoms with Gasteiger partial charge in [0, 0.05) is 25.0 Å². The Morgan fingerprint density at radius 1 is 1.41 bits per heavy atom. The van der Waals surface area contributed by atoms with Crippen molar-refractivity contribution >= 4 is 11.6 Å². The molecule has 0 spiro atoms. The van der Waals surface area contributed by atoms with E-state index in [1.807, 2.05) is 12.1 Å². The molecule has 0 atom stereocenters. The smallest absolute Gasteiger partial charge is 0.119 e. The van der Waals surface area contributed by atoms with Crippen molar-refractivity contribution in [2.45, 2.75) is 31.8 Å². The maximum Gasteiger partial charge on any atom is 0.119 e. The maximum atomic E-state index is 5.88. The summed E-state index contributed by atoms with van der Waals surface area (Å²) in [5.74, 6) is 1.64. The van der Waals surface area contributed by atoms with Crippen molar-refractivity contribution in [3.05, 3.63) is 29.8 Å². The number of rotatable bonds is 6. The fraction of sp³-hybridized carbons (Fsp3) is 0.571. The first kappa shape index (κ1) is 12.7. The second-order valence-electron chi connectivity index (χ2n) is 4.60. The van der Waals surface area contributed by atoms with Crippen molar-refractivity contribution in [2.75, 3.05) is 19.5 Å². The second-order valence-corrected chi connectivity index (χ2v) is 4.97. The van der Waals surface area contributed by atoms with Gasteiger partial charge in [-0.2, -0.15) is 0 Å². The summed E-state index contributed by atoms with van der Waals surface area (Å²) < 4.78 is 5.25. The number of methoxy groups -OCH3 is 1. The zero-order valence-corrected chi connectivity index (χ0v) is 11.1. The van der Waals surface area contributed by atoms with Crippen molar-refractivity contribution < 1.29 is 4.74 Å². The van der Waals surface area contributed by atoms with E-state index in [-0.39, 0.29) is 0 Å². The third-order valence-electron chi connectivity index (χ3n) is 3.48. The van der Waals surface area contributed by atoms with Crippen LogP contribution in [0.15, 0.2) is 24.3 Å². The van der Waals surface area contributed by atoms with Gasteiger partial charge in [0.2, 0.25) is 0 Å². The second kappa shape index (κ2) is 6.27. The molecule has 0 unspecified atom stereocenters. The van der Waals surface area contributed by atoms with Crippen LogP contribution >= 0.6 is 11.6 Å². The highest BCUT2D eigenvalue weighted by Gasteiger charge is 2.24. The molecular formula is C14H20ClNO. The van der Waals surface area contributed by atoms with Gasteiger partial charge in [-0.3, -0.25) is 4.90 Å². The average Bonchev–Trinajstić information content (AvgIpc) is 2.27. The first-order valence-electron chi connectivity index (χ1n) is 6.26. The summed E-state index contributed by atoms with van der Waals surface area (Å²) in [7, 11) is 1.71. The molecule has 1 aromatic carbocycles. The molecule has 1 fully saturated rings. The lowest BCUT2D eigenvalue weighted by molar-refractivity contribution is 0.127. The number of ether oxygens (including phenoxy) is 1. The lowest BCUT2D eigenvalue weighted by Crippen LogP contribution is -2.40. The molecule has 1 aromatic rings. The number of hydrogen-bond acceptors (Lipinski definition) is 2. The molecule has 1 aliphatic rings. The van der Waals surface area contributed by atoms with Crippen molar-refractivity contribution in [1.82, 2.24) is 4.90 Å². The Hall–Kier alpha value is -0.730. The highest BCUT2D eigenvalue weighted by Crippen LogP contribution is 2.26. The van der Waals surface area contributed by atoms with Gasteiger partial charge in [-0.25, -0.2) is 0 Å². The van der Waals surface area contributed by atoms with E-state index in [9.17, 15) is 0 Å². The number of nitrogens with zero attached hydrogens (tertiary/aromatic N) is 1. The van der Waals surface area contributed by atoms with Crippen molar-refractivity contribution in [1.29, 1.82) is 0 Å². The number of benzene rings is 1. The summed E-state index contributed by atoms with van der Waals surface area (Å²) in [5, 5.41) is 0. The zero-order valence-electron chi connectivity index (χ0n) is 10.4. The largest absolute Gasteiger partial charge is 0.497 e. The van der Waals surface area contributed by atoms with E-state index < -0.39 is 0 Å². The maximum absolute atomic E-state index is 5.88. The van der Waals surface area contributed by atoms with E-state index in [1.165, 1.54) is 24.8 Å². The predicted octanol–water partition coefficient (Wildman–Crippen LogP) is 3.29. The molecule has 0 aromatic heterocycles. The topological polar surface area (TPSA) is 12.5 Å². The van der Waals surface area contributed by atoms with Crippen LogP contribution in [0.25, 0.3) is 0 Å². The predicted molar refractivity (Wildman–Crippen MR) is 71.8 cm³/mol. The van der Waals surface area contributed by atoms with Crippen LogP contribution in [-0.4, -0.2) is 30.5 Å². The molecule has 3 heteroatoms. The minimum atomic E-state index is 0.709. The Morgan fingerprint density at radius 3 is 2.82 bits per heavy atom. The SMILES string of the molecule is COc1cccc(CN(CCCl)C2CCC2)c1. The van der Waals surface area contributed by atoms with E-state index in [1.54, 1.807) is 7.11 Å². The molecule has 0 aliphatic heterocycles. The molecule has 0 N–H and O–H groups in total. The summed E-state index contributed by atoms with van der Waals surface area (Å²) in [6, 6.07) is 9.04. The third-order valence-corrected chi connectivity index (χ3v) is 3.65. The molecular weight excluding hydrogens is 234 g/mol. The van der Waals surface area contributed by atoms with Gasteiger partial charge in [0.1, 0.15) is 5.75 Å². The Bertz CT molecular complexity index is 352. The van der Waals surface area contributed by atoms with Gasteiger partial charge >= 0.3 is 0 Å². The Balaban J connectivity index is 2.00. The normalized spacial score (nSPS) is 15.9. The fourth-order valence-electron chi connectivity index (χ4n) is 2.26. The van der Waals surface area contributed by atoms with E-state index in [4.69, 9.17) is 16.3 Å². The highest BCUT2D eigenvalue weighted by atomic mass is 35.5. The van der Waals surface area contributed by atoms with Gasteiger partial charge < -0.3 is 4.74 Å². The van der Waals surface area contributed by atoms with E-state index >= 15 is 0 Å². The molecule has 0 saturated heterocycles. The van der Waals surface area contributed by atoms with Crippen LogP contribution in [0, 0.1) is 0 Å². The Labute approximate surface area is 109 Å². The van der Waals surface area contributed by atoms with Gasteiger partial charge in [-0.1, -0.05) is 18.6 Å². The number of alkyl halides is 1. The van der Waals surface area contributed by atoms with Gasteiger partial charge in [0.05, 0.1) is 7.11 Å². The van der Waals surface area contributed by atoms with E-state index in [2.05, 4.69) is 17.0 Å². The van der Waals surface area contributed by atoms with Crippen LogP contribution < -0.4 is 4.74 Å². The average molecular weight is 254 g/mol. The highest BCUT2D eigenvalue weighted by molar-refractivity contribution is 6.18. The summed E-state index contributed by atoms with van der Waals surface area (Å²) in [6.45, 7) is 1.96. The minimum Gasteiger partial charge on any atom is -0.497 e. The van der Waals surface area contributed by atoms with E-state index in [0.717, 1.165) is 24.9 Å². The van der Waals surface area contributed by atoms with Gasteiger partial charge in [-0.15, -0.1) is 11.6 Å². The first-order valence-corrected chi connectivity index (χ1v) is 6.80. The van der Waals surface area contributed by atoms with Crippen LogP contribution in [0.1, 0.15) is 24.8 Å². The van der Waals surface area contributed by atoms with Crippen molar-refractivity contribution in [2.24, 2.45) is 0 Å². The summed E-state index contributed by atoms with van der Waals surface area (Å²) in [5.41, 5.74) is 1.31. The minimum absolute atomic E-state index is 0.709. The molecule has 17 heavy (non-hydrogen) atoms. The van der Waals surface area contributed by atoms with Crippen LogP contribution in [0.4, 0.5) is 0 Å². The summed E-state index contributed by atoms with van der Waals surface area (Å²) in [6.07, 6.45) is 4.00. The quantitative estimate of drug-likeness (QED) is 0.722. The molecule has 0 bridgehead atoms. The van der Waals surface area contributed by atoms with E-state index in [0.29, 0.717) is 5.88 Å². The molecule has 0 amide bonds. The molecule has 1 aliphatic carbocycles. The number of hydrogen-bond donors (Lipinski definition) is 0. The molecule has 2 rings (SSSR count). The van der Waals surface area contributed by atoms with Crippen LogP contribution in [-0.2, 0) is 6.54 Å². The monoisotopic (exact) mass is 253 g/mol. The Morgan fingerprint density at radius 2 is 2.24 bits per heavy atom. The number of halogens is 1. The lowest BCUT2D eigenvalue weighted by Gasteiger charge is -2.37. The van der Waals surface area contributed by atoms with Gasteiger partial charge in [0.15, 0.2) is 0 Å². The zero-order chi connectivity index (χ0) is 12.1. The van der Waals surface area contributed by atoms with Crippen LogP contribution in [0.5, 0.6) is 5.75 Å². The van der Waals surface area contributed by atoms with Crippen LogP contribution in [0.2, 0.25) is 0 Å². The van der Waals surface area contributed by atoms with Crippen LogP contribution in [0.3, 0.4) is 0 Å². The van der Waals surface area contributed by atoms with Gasteiger partial charge in [-0.05, 0) is 30.5 Å². The summed E-state index contributed by atoms with van der Waals surface area (Å²) >= 11 is 5.88. The third kappa shape index (κ3) is 3.36. The molecule has 94 valence electrons. The first-order chi connectivity index (χ1) is 8.33. The molecule has 0 radical (unpaired) electrons. The molecule has 1 saturated carbocycles. The summed E-state index contributed by atoms with van der Waals surface area (Å²) in [4.78, 5) is 2.49. The Kier molecular flexibility index (Phi) is 4.69. The standard InChI is InChI=1S/C14H20ClNO/c1-17-14-7-2-4-12(10-14)11-16(9-8-15)13-5-3-6-13/h2,4,7,10,13H,3,5-6,8-9,11H2,1H3. The van der Waals surface area contributed by atoms with Crippen molar-refractivity contribution in [3.63, 3.8) is 0 Å². The molecule has 0 heterocycles. The molecule has 2 nitrogen and oxygen atoms in total. The van der Waals surface area contributed by atoms with Gasteiger partial charge in [0.25, 0.3) is 0 Å².